The van der Waals surface area contributed by atoms with Crippen LogP contribution >= 0.6 is 0 Å². The van der Waals surface area contributed by atoms with Gasteiger partial charge in [0.2, 0.25) is 5.72 Å². The van der Waals surface area contributed by atoms with E-state index in [9.17, 15) is 24.4 Å². The van der Waals surface area contributed by atoms with Crippen LogP contribution in [0.5, 0.6) is 0 Å². The Hall–Kier alpha value is -2.39. The van der Waals surface area contributed by atoms with Gasteiger partial charge in [0.05, 0.1) is 13.2 Å². The van der Waals surface area contributed by atoms with E-state index in [0.29, 0.717) is 6.42 Å². The molecule has 9 heteroatoms. The van der Waals surface area contributed by atoms with Gasteiger partial charge in [0.1, 0.15) is 11.7 Å². The van der Waals surface area contributed by atoms with Crippen molar-refractivity contribution in [3.8, 4) is 0 Å². The average molecular weight is 381 g/mol. The van der Waals surface area contributed by atoms with Crippen LogP contribution in [0.2, 0.25) is 0 Å². The first-order valence-corrected chi connectivity index (χ1v) is 8.76. The van der Waals surface area contributed by atoms with E-state index in [-0.39, 0.29) is 44.0 Å². The molecule has 0 bridgehead atoms. The highest BCUT2D eigenvalue weighted by Gasteiger charge is 2.48. The number of ether oxygens (including phenoxy) is 3. The summed E-state index contributed by atoms with van der Waals surface area (Å²) in [7, 11) is 0. The van der Waals surface area contributed by atoms with E-state index >= 15 is 0 Å². The Morgan fingerprint density at radius 2 is 2.00 bits per heavy atom. The largest absolute Gasteiger partial charge is 0.480 e. The number of esters is 1. The van der Waals surface area contributed by atoms with Crippen LogP contribution in [0.4, 0.5) is 0 Å². The van der Waals surface area contributed by atoms with Gasteiger partial charge in [-0.2, -0.15) is 0 Å². The first-order valence-electron chi connectivity index (χ1n) is 8.76. The third-order valence-corrected chi connectivity index (χ3v) is 4.44. The Bertz CT molecular complexity index is 677. The van der Waals surface area contributed by atoms with Crippen molar-refractivity contribution in [2.24, 2.45) is 11.1 Å². The van der Waals surface area contributed by atoms with Gasteiger partial charge in [-0.15, -0.1) is 4.91 Å². The second-order valence-corrected chi connectivity index (χ2v) is 6.53. The summed E-state index contributed by atoms with van der Waals surface area (Å²) in [5, 5.41) is 12.5. The molecule has 1 aliphatic heterocycles. The molecule has 9 nitrogen and oxygen atoms in total. The molecule has 0 radical (unpaired) electrons. The van der Waals surface area contributed by atoms with Gasteiger partial charge >= 0.3 is 11.9 Å². The molecule has 2 rings (SSSR count). The molecular weight excluding hydrogens is 358 g/mol. The zero-order valence-electron chi connectivity index (χ0n) is 15.3. The van der Waals surface area contributed by atoms with Gasteiger partial charge in [0.25, 0.3) is 0 Å². The highest BCUT2D eigenvalue weighted by atomic mass is 16.6. The number of hydrogen-bond acceptors (Lipinski definition) is 8. The Kier molecular flexibility index (Phi) is 6.61. The van der Waals surface area contributed by atoms with E-state index in [4.69, 9.17) is 14.2 Å². The summed E-state index contributed by atoms with van der Waals surface area (Å²) in [6, 6.07) is 0. The molecule has 0 aromatic rings. The van der Waals surface area contributed by atoms with Gasteiger partial charge in [-0.05, 0) is 23.7 Å². The highest BCUT2D eigenvalue weighted by molar-refractivity contribution is 5.93. The van der Waals surface area contributed by atoms with Crippen LogP contribution in [-0.2, 0) is 28.6 Å². The van der Waals surface area contributed by atoms with Gasteiger partial charge in [0, 0.05) is 26.2 Å². The lowest BCUT2D eigenvalue weighted by Gasteiger charge is -2.39. The fraction of sp³-hybridized carbons (Fsp3) is 0.611. The predicted octanol–water partition coefficient (Wildman–Crippen LogP) is 2.10. The summed E-state index contributed by atoms with van der Waals surface area (Å²) in [5.74, 6) is -3.83. The van der Waals surface area contributed by atoms with Crippen molar-refractivity contribution in [3.63, 3.8) is 0 Å². The molecule has 0 aromatic carbocycles. The fourth-order valence-corrected chi connectivity index (χ4v) is 3.08. The highest BCUT2D eigenvalue weighted by Crippen LogP contribution is 2.38. The van der Waals surface area contributed by atoms with E-state index < -0.39 is 29.2 Å². The molecule has 2 aliphatic rings. The Balaban J connectivity index is 2.49. The maximum atomic E-state index is 12.9. The fourth-order valence-electron chi connectivity index (χ4n) is 3.08. The van der Waals surface area contributed by atoms with Crippen LogP contribution in [0.3, 0.4) is 0 Å². The summed E-state index contributed by atoms with van der Waals surface area (Å²) in [5.41, 5.74) is -3.22. The Labute approximate surface area is 156 Å². The van der Waals surface area contributed by atoms with Crippen molar-refractivity contribution in [2.75, 3.05) is 13.2 Å². The van der Waals surface area contributed by atoms with Crippen molar-refractivity contribution >= 4 is 17.7 Å². The van der Waals surface area contributed by atoms with Gasteiger partial charge in [-0.1, -0.05) is 13.0 Å². The monoisotopic (exact) mass is 381 g/mol. The molecule has 1 aliphatic carbocycles. The number of nitrogens with zero attached hydrogens (tertiary/aromatic N) is 1. The number of nitroso groups, excluding NO2 is 1. The van der Waals surface area contributed by atoms with Crippen molar-refractivity contribution in [1.29, 1.82) is 0 Å². The number of hydrogen-bond donors (Lipinski definition) is 1. The molecule has 0 spiro atoms. The van der Waals surface area contributed by atoms with Gasteiger partial charge in [-0.3, -0.25) is 14.4 Å². The van der Waals surface area contributed by atoms with Crippen molar-refractivity contribution < 1.29 is 33.7 Å². The van der Waals surface area contributed by atoms with E-state index in [0.717, 1.165) is 6.92 Å². The standard InChI is InChI=1S/C18H23NO8/c1-3-4-15(21)17(27-18(19-24)7-9-25-10-8-18)6-5-13(16(22)23)14(11-17)26-12(2)20/h5-6,11,13H,3-4,7-10H2,1-2H3,(H,22,23). The molecule has 1 heterocycles. The smallest absolute Gasteiger partial charge is 0.318 e. The van der Waals surface area contributed by atoms with Crippen molar-refractivity contribution in [1.82, 2.24) is 0 Å². The SMILES string of the molecule is CCCC(=O)C1(OC2(N=O)CCOCC2)C=CC(C(=O)O)C(OC(C)=O)=C1. The second kappa shape index (κ2) is 8.53. The molecule has 1 fully saturated rings. The molecular formula is C18H23NO8. The molecule has 1 N–H and O–H groups in total. The normalized spacial score (nSPS) is 26.7. The summed E-state index contributed by atoms with van der Waals surface area (Å²) in [6.07, 6.45) is 4.66. The molecule has 2 atom stereocenters. The molecule has 0 amide bonds. The molecule has 1 saturated heterocycles. The number of carbonyl (C=O) groups is 3. The van der Waals surface area contributed by atoms with E-state index in [1.165, 1.54) is 18.2 Å². The number of Topliss-reactive ketones (excluding diaryl/α,β-unsaturated/α-hetero) is 1. The second-order valence-electron chi connectivity index (χ2n) is 6.53. The first kappa shape index (κ1) is 20.9. The van der Waals surface area contributed by atoms with Crippen LogP contribution in [0.25, 0.3) is 0 Å². The minimum atomic E-state index is -1.74. The van der Waals surface area contributed by atoms with Gasteiger partial charge in [0.15, 0.2) is 11.4 Å². The number of carboxylic acid groups (broad SMARTS) is 1. The molecule has 0 aromatic heterocycles. The van der Waals surface area contributed by atoms with E-state index in [2.05, 4.69) is 5.18 Å². The van der Waals surface area contributed by atoms with Gasteiger partial charge < -0.3 is 19.3 Å². The number of aliphatic carboxylic acids is 1. The quantitative estimate of drug-likeness (QED) is 0.384. The van der Waals surface area contributed by atoms with Crippen LogP contribution in [0.1, 0.15) is 39.5 Å². The maximum absolute atomic E-state index is 12.9. The average Bonchev–Trinajstić information content (AvgIpc) is 2.62. The van der Waals surface area contributed by atoms with Crippen LogP contribution in [0.15, 0.2) is 29.2 Å². The lowest BCUT2D eigenvalue weighted by Crippen LogP contribution is -2.50. The third-order valence-electron chi connectivity index (χ3n) is 4.44. The minimum absolute atomic E-state index is 0.122. The maximum Gasteiger partial charge on any atom is 0.318 e. The van der Waals surface area contributed by atoms with Crippen LogP contribution < -0.4 is 0 Å². The van der Waals surface area contributed by atoms with E-state index in [1.807, 2.05) is 0 Å². The zero-order chi connectivity index (χ0) is 20.1. The third kappa shape index (κ3) is 4.67. The molecule has 0 saturated carbocycles. The number of rotatable bonds is 8. The summed E-state index contributed by atoms with van der Waals surface area (Å²) >= 11 is 0. The topological polar surface area (TPSA) is 129 Å². The number of ketones is 1. The zero-order valence-corrected chi connectivity index (χ0v) is 15.3. The number of carboxylic acids is 1. The van der Waals surface area contributed by atoms with Crippen LogP contribution in [-0.4, -0.2) is 47.4 Å². The summed E-state index contributed by atoms with van der Waals surface area (Å²) in [6.45, 7) is 3.41. The van der Waals surface area contributed by atoms with Crippen molar-refractivity contribution in [3.05, 3.63) is 28.9 Å². The minimum Gasteiger partial charge on any atom is -0.480 e. The summed E-state index contributed by atoms with van der Waals surface area (Å²) in [4.78, 5) is 47.3. The predicted molar refractivity (Wildman–Crippen MR) is 92.4 cm³/mol. The van der Waals surface area contributed by atoms with Crippen molar-refractivity contribution in [2.45, 2.75) is 50.9 Å². The van der Waals surface area contributed by atoms with E-state index in [1.54, 1.807) is 6.92 Å². The lowest BCUT2D eigenvalue weighted by atomic mass is 9.85. The molecule has 148 valence electrons. The number of carbonyl (C=O) groups excluding carboxylic acids is 2. The Morgan fingerprint density at radius 3 is 2.52 bits per heavy atom. The lowest BCUT2D eigenvalue weighted by molar-refractivity contribution is -0.170. The molecule has 27 heavy (non-hydrogen) atoms. The molecule has 2 unspecified atom stereocenters. The first-order chi connectivity index (χ1) is 12.8. The van der Waals surface area contributed by atoms with Gasteiger partial charge in [-0.25, -0.2) is 0 Å². The summed E-state index contributed by atoms with van der Waals surface area (Å²) < 4.78 is 16.2. The van der Waals surface area contributed by atoms with Crippen LogP contribution in [0, 0.1) is 10.8 Å². The Morgan fingerprint density at radius 1 is 1.33 bits per heavy atom.